The fourth-order valence-corrected chi connectivity index (χ4v) is 0.729. The van der Waals surface area contributed by atoms with E-state index in [4.69, 9.17) is 8.85 Å². The predicted octanol–water partition coefficient (Wildman–Crippen LogP) is 0.416. The molecule has 1 aliphatic rings. The van der Waals surface area contributed by atoms with Gasteiger partial charge in [0.15, 0.2) is 0 Å². The third-order valence-electron chi connectivity index (χ3n) is 1.18. The summed E-state index contributed by atoms with van der Waals surface area (Å²) in [6, 6.07) is 0. The molecule has 2 nitrogen and oxygen atoms in total. The Kier molecular flexibility index (Phi) is 2.11. The Morgan fingerprint density at radius 2 is 2.75 bits per heavy atom. The predicted molar refractivity (Wildman–Crippen MR) is 35.5 cm³/mol. The maximum absolute atomic E-state index is 6.78. The van der Waals surface area contributed by atoms with Crippen molar-refractivity contribution >= 4 is 12.4 Å². The molecule has 0 aromatic rings. The minimum atomic E-state index is -2.23. The third-order valence-corrected chi connectivity index (χ3v) is 1.18. The number of halogens is 1. The zero-order chi connectivity index (χ0) is 7.61. The van der Waals surface area contributed by atoms with E-state index in [-0.39, 0.29) is 18.5 Å². The summed E-state index contributed by atoms with van der Waals surface area (Å²) in [6.07, 6.45) is 0.686. The van der Waals surface area contributed by atoms with E-state index in [1.54, 1.807) is 0 Å². The molecular formula is C5H12ClNO. The maximum Gasteiger partial charge on any atom is 0.0707 e. The first-order chi connectivity index (χ1) is 4.58. The van der Waals surface area contributed by atoms with E-state index in [1.807, 2.05) is 0 Å². The fraction of sp³-hybridized carbons (Fsp3) is 1.00. The smallest absolute Gasteiger partial charge is 0.0707 e. The molecule has 1 aliphatic heterocycles. The summed E-state index contributed by atoms with van der Waals surface area (Å²) in [5.74, 6) is 0. The van der Waals surface area contributed by atoms with Crippen molar-refractivity contribution in [3.63, 3.8) is 0 Å². The van der Waals surface area contributed by atoms with Crippen molar-refractivity contribution < 1.29 is 8.85 Å². The van der Waals surface area contributed by atoms with E-state index in [2.05, 4.69) is 5.32 Å². The van der Waals surface area contributed by atoms with Crippen LogP contribution in [0, 0.1) is 0 Å². The van der Waals surface area contributed by atoms with Crippen LogP contribution in [0.3, 0.4) is 0 Å². The van der Waals surface area contributed by atoms with Gasteiger partial charge in [-0.05, 0) is 13.0 Å². The first kappa shape index (κ1) is 4.09. The zero-order valence-corrected chi connectivity index (χ0v) is 5.33. The molecule has 0 unspecified atom stereocenters. The molecule has 0 saturated carbocycles. The molecule has 0 radical (unpaired) electrons. The van der Waals surface area contributed by atoms with E-state index < -0.39 is 7.04 Å². The second kappa shape index (κ2) is 4.13. The van der Waals surface area contributed by atoms with Crippen molar-refractivity contribution in [3.05, 3.63) is 0 Å². The van der Waals surface area contributed by atoms with Crippen molar-refractivity contribution in [2.45, 2.75) is 12.5 Å². The highest BCUT2D eigenvalue weighted by molar-refractivity contribution is 5.85. The molecule has 1 atom stereocenters. The van der Waals surface area contributed by atoms with E-state index in [1.165, 1.54) is 0 Å². The summed E-state index contributed by atoms with van der Waals surface area (Å²) >= 11 is 0. The topological polar surface area (TPSA) is 21.3 Å². The summed E-state index contributed by atoms with van der Waals surface area (Å²) in [6.45, 7) is 1.53. The highest BCUT2D eigenvalue weighted by atomic mass is 35.5. The SMILES string of the molecule is Cl.[2H]C([2H])([2H])O[C@@H]1CCNC1. The Morgan fingerprint density at radius 3 is 3.25 bits per heavy atom. The number of nitrogens with one attached hydrogen (secondary N) is 1. The first-order valence-corrected chi connectivity index (χ1v) is 2.46. The third kappa shape index (κ3) is 1.99. The van der Waals surface area contributed by atoms with Gasteiger partial charge in [0.1, 0.15) is 0 Å². The number of hydrogen-bond donors (Lipinski definition) is 1. The van der Waals surface area contributed by atoms with Crippen molar-refractivity contribution in [3.8, 4) is 0 Å². The Hall–Kier alpha value is 0.210. The molecule has 1 saturated heterocycles. The Bertz CT molecular complexity index is 113. The Balaban J connectivity index is 0.000001000. The monoisotopic (exact) mass is 140 g/mol. The minimum Gasteiger partial charge on any atom is -0.380 e. The molecule has 8 heavy (non-hydrogen) atoms. The average molecular weight is 141 g/mol. The lowest BCUT2D eigenvalue weighted by Crippen LogP contribution is -2.14. The van der Waals surface area contributed by atoms with Gasteiger partial charge in [0.05, 0.1) is 10.2 Å². The first-order valence-electron chi connectivity index (χ1n) is 3.96. The second-order valence-electron chi connectivity index (χ2n) is 1.73. The number of methoxy groups -OCH3 is 1. The Morgan fingerprint density at radius 1 is 1.88 bits per heavy atom. The second-order valence-corrected chi connectivity index (χ2v) is 1.73. The van der Waals surface area contributed by atoms with Crippen LogP contribution in [-0.2, 0) is 4.74 Å². The van der Waals surface area contributed by atoms with Crippen LogP contribution in [0.5, 0.6) is 0 Å². The lowest BCUT2D eigenvalue weighted by atomic mass is 10.3. The maximum atomic E-state index is 6.78. The van der Waals surface area contributed by atoms with E-state index in [0.29, 0.717) is 6.54 Å². The van der Waals surface area contributed by atoms with Crippen LogP contribution in [0.25, 0.3) is 0 Å². The lowest BCUT2D eigenvalue weighted by Gasteiger charge is -2.01. The van der Waals surface area contributed by atoms with E-state index >= 15 is 0 Å². The van der Waals surface area contributed by atoms with Crippen LogP contribution in [0.15, 0.2) is 0 Å². The molecule has 0 amide bonds. The lowest BCUT2D eigenvalue weighted by molar-refractivity contribution is 0.119. The summed E-state index contributed by atoms with van der Waals surface area (Å²) in [7, 11) is -2.23. The van der Waals surface area contributed by atoms with Crippen LogP contribution >= 0.6 is 12.4 Å². The minimum absolute atomic E-state index is 0. The van der Waals surface area contributed by atoms with Gasteiger partial charge in [0.25, 0.3) is 0 Å². The molecule has 0 spiro atoms. The molecule has 1 fully saturated rings. The molecule has 3 heteroatoms. The molecule has 1 N–H and O–H groups in total. The Labute approximate surface area is 60.2 Å². The van der Waals surface area contributed by atoms with E-state index in [9.17, 15) is 0 Å². The van der Waals surface area contributed by atoms with Gasteiger partial charge in [0.2, 0.25) is 0 Å². The quantitative estimate of drug-likeness (QED) is 0.570. The van der Waals surface area contributed by atoms with E-state index in [0.717, 1.165) is 13.0 Å². The summed E-state index contributed by atoms with van der Waals surface area (Å²) in [4.78, 5) is 0. The van der Waals surface area contributed by atoms with Crippen molar-refractivity contribution in [1.82, 2.24) is 5.32 Å². The van der Waals surface area contributed by atoms with Gasteiger partial charge in [0, 0.05) is 13.6 Å². The number of ether oxygens (including phenoxy) is 1. The summed E-state index contributed by atoms with van der Waals surface area (Å²) in [5.41, 5.74) is 0. The summed E-state index contributed by atoms with van der Waals surface area (Å²) in [5, 5.41) is 3.02. The molecule has 1 rings (SSSR count). The molecule has 1 heterocycles. The molecule has 50 valence electrons. The number of rotatable bonds is 1. The van der Waals surface area contributed by atoms with Gasteiger partial charge >= 0.3 is 0 Å². The standard InChI is InChI=1S/C5H11NO.ClH/c1-7-5-2-3-6-4-5;/h5-6H,2-4H2,1H3;1H/t5-;/m1./s1/i1D3;. The van der Waals surface area contributed by atoms with Crippen molar-refractivity contribution in [2.24, 2.45) is 0 Å². The van der Waals surface area contributed by atoms with Crippen LogP contribution in [0.4, 0.5) is 0 Å². The zero-order valence-electron chi connectivity index (χ0n) is 7.52. The molecule has 0 aliphatic carbocycles. The van der Waals surface area contributed by atoms with Gasteiger partial charge in [-0.1, -0.05) is 0 Å². The highest BCUT2D eigenvalue weighted by Gasteiger charge is 2.11. The van der Waals surface area contributed by atoms with Crippen LogP contribution < -0.4 is 5.32 Å². The van der Waals surface area contributed by atoms with Crippen LogP contribution in [0.2, 0.25) is 0 Å². The van der Waals surface area contributed by atoms with Gasteiger partial charge in [-0.25, -0.2) is 0 Å². The van der Waals surface area contributed by atoms with Gasteiger partial charge < -0.3 is 10.1 Å². The molecular weight excluding hydrogens is 126 g/mol. The average Bonchev–Trinajstić information content (AvgIpc) is 2.12. The van der Waals surface area contributed by atoms with Crippen LogP contribution in [0.1, 0.15) is 10.5 Å². The van der Waals surface area contributed by atoms with Crippen LogP contribution in [-0.4, -0.2) is 26.2 Å². The normalized spacial score (nSPS) is 34.5. The largest absolute Gasteiger partial charge is 0.380 e. The highest BCUT2D eigenvalue weighted by Crippen LogP contribution is 1.99. The summed E-state index contributed by atoms with van der Waals surface area (Å²) < 4.78 is 25.1. The van der Waals surface area contributed by atoms with Gasteiger partial charge in [-0.2, -0.15) is 0 Å². The fourth-order valence-electron chi connectivity index (χ4n) is 0.729. The van der Waals surface area contributed by atoms with Gasteiger partial charge in [-0.15, -0.1) is 12.4 Å². The van der Waals surface area contributed by atoms with Gasteiger partial charge in [-0.3, -0.25) is 0 Å². The van der Waals surface area contributed by atoms with Crippen molar-refractivity contribution in [2.75, 3.05) is 20.1 Å². The number of hydrogen-bond acceptors (Lipinski definition) is 2. The molecule has 0 bridgehead atoms. The van der Waals surface area contributed by atoms with Crippen molar-refractivity contribution in [1.29, 1.82) is 0 Å². The molecule has 0 aromatic heterocycles. The molecule has 0 aromatic carbocycles.